The molecule has 0 rings (SSSR count). The second-order valence-electron chi connectivity index (χ2n) is 6.45. The molecule has 1 heteroatoms. The van der Waals surface area contributed by atoms with Crippen molar-refractivity contribution in [2.75, 3.05) is 0 Å². The van der Waals surface area contributed by atoms with Gasteiger partial charge in [-0.3, -0.25) is 0 Å². The molecule has 0 saturated heterocycles. The monoisotopic (exact) mass is 286 g/mol. The van der Waals surface area contributed by atoms with Crippen LogP contribution in [0.5, 0.6) is 0 Å². The van der Waals surface area contributed by atoms with E-state index in [0.29, 0.717) is 0 Å². The summed E-state index contributed by atoms with van der Waals surface area (Å²) in [4.78, 5) is 0. The minimum absolute atomic E-state index is 0.177. The summed E-state index contributed by atoms with van der Waals surface area (Å²) in [6.45, 7) is 8.82. The van der Waals surface area contributed by atoms with Gasteiger partial charge in [0.15, 0.2) is 0 Å². The zero-order valence-corrected chi connectivity index (χ0v) is 14.5. The molecule has 0 amide bonds. The number of halogens is 1. The van der Waals surface area contributed by atoms with Gasteiger partial charge in [0.2, 0.25) is 0 Å². The minimum Gasteiger partial charge on any atom is -0.0889 e. The third-order valence-electron chi connectivity index (χ3n) is 4.06. The summed E-state index contributed by atoms with van der Waals surface area (Å²) < 4.78 is 0. The van der Waals surface area contributed by atoms with Gasteiger partial charge in [0.1, 0.15) is 0 Å². The summed E-state index contributed by atoms with van der Waals surface area (Å²) in [5, 5.41) is 1.02. The maximum atomic E-state index is 6.24. The molecular weight excluding hydrogens is 252 g/mol. The number of rotatable bonds is 12. The maximum Gasteiger partial charge on any atom is 0.0194 e. The van der Waals surface area contributed by atoms with Gasteiger partial charge >= 0.3 is 0 Å². The highest BCUT2D eigenvalue weighted by atomic mass is 35.5. The Kier molecular flexibility index (Phi) is 11.8. The highest BCUT2D eigenvalue weighted by Gasteiger charge is 2.20. The van der Waals surface area contributed by atoms with Crippen LogP contribution in [0.15, 0.2) is 11.1 Å². The highest BCUT2D eigenvalue weighted by molar-refractivity contribution is 6.30. The van der Waals surface area contributed by atoms with E-state index in [2.05, 4.69) is 20.8 Å². The topological polar surface area (TPSA) is 0 Å². The maximum absolute atomic E-state index is 6.24. The van der Waals surface area contributed by atoms with E-state index < -0.39 is 0 Å². The molecule has 0 spiro atoms. The minimum atomic E-state index is 0.177. The number of hydrogen-bond donors (Lipinski definition) is 0. The first-order valence-electron chi connectivity index (χ1n) is 8.37. The van der Waals surface area contributed by atoms with Crippen molar-refractivity contribution in [3.8, 4) is 0 Å². The van der Waals surface area contributed by atoms with Gasteiger partial charge in [0.05, 0.1) is 0 Å². The normalized spacial score (nSPS) is 13.0. The molecule has 114 valence electrons. The van der Waals surface area contributed by atoms with Gasteiger partial charge < -0.3 is 0 Å². The summed E-state index contributed by atoms with van der Waals surface area (Å²) in [5.41, 5.74) is 0.177. The lowest BCUT2D eigenvalue weighted by atomic mass is 9.86. The molecule has 0 unspecified atom stereocenters. The molecule has 19 heavy (non-hydrogen) atoms. The number of allylic oxidation sites excluding steroid dienone is 2. The van der Waals surface area contributed by atoms with Crippen molar-refractivity contribution in [2.45, 2.75) is 98.3 Å². The van der Waals surface area contributed by atoms with E-state index in [1.54, 1.807) is 0 Å². The van der Waals surface area contributed by atoms with E-state index in [-0.39, 0.29) is 5.41 Å². The van der Waals surface area contributed by atoms with E-state index in [9.17, 15) is 0 Å². The number of unbranched alkanes of at least 4 members (excludes halogenated alkanes) is 9. The Labute approximate surface area is 127 Å². The van der Waals surface area contributed by atoms with Gasteiger partial charge in [-0.05, 0) is 13.3 Å². The molecule has 0 saturated carbocycles. The largest absolute Gasteiger partial charge is 0.0889 e. The zero-order chi connectivity index (χ0) is 14.6. The predicted octanol–water partition coefficient (Wildman–Crippen LogP) is 7.47. The van der Waals surface area contributed by atoms with Crippen LogP contribution in [0.4, 0.5) is 0 Å². The van der Waals surface area contributed by atoms with Crippen LogP contribution >= 0.6 is 11.6 Å². The van der Waals surface area contributed by atoms with Crippen LogP contribution in [0.3, 0.4) is 0 Å². The van der Waals surface area contributed by atoms with Crippen molar-refractivity contribution >= 4 is 11.6 Å². The second-order valence-corrected chi connectivity index (χ2v) is 6.86. The van der Waals surface area contributed by atoms with Crippen LogP contribution < -0.4 is 0 Å². The van der Waals surface area contributed by atoms with E-state index in [1.807, 2.05) is 13.0 Å². The molecule has 0 fully saturated rings. The molecule has 0 heterocycles. The summed E-state index contributed by atoms with van der Waals surface area (Å²) in [7, 11) is 0. The van der Waals surface area contributed by atoms with Gasteiger partial charge in [-0.2, -0.15) is 0 Å². The van der Waals surface area contributed by atoms with Gasteiger partial charge in [-0.1, -0.05) is 103 Å². The van der Waals surface area contributed by atoms with E-state index >= 15 is 0 Å². The van der Waals surface area contributed by atoms with Crippen molar-refractivity contribution in [3.05, 3.63) is 11.1 Å². The molecule has 0 aliphatic rings. The second kappa shape index (κ2) is 11.8. The molecule has 0 atom stereocenters. The molecule has 0 radical (unpaired) electrons. The Morgan fingerprint density at radius 2 is 1.26 bits per heavy atom. The summed E-state index contributed by atoms with van der Waals surface area (Å²) in [6.07, 6.45) is 17.3. The van der Waals surface area contributed by atoms with Crippen molar-refractivity contribution < 1.29 is 0 Å². The molecule has 0 aromatic heterocycles. The van der Waals surface area contributed by atoms with Gasteiger partial charge in [0, 0.05) is 10.4 Å². The van der Waals surface area contributed by atoms with Crippen molar-refractivity contribution in [1.82, 2.24) is 0 Å². The fourth-order valence-electron chi connectivity index (χ4n) is 2.56. The molecule has 0 aliphatic carbocycles. The summed E-state index contributed by atoms with van der Waals surface area (Å²) in [5.74, 6) is 0. The van der Waals surface area contributed by atoms with Crippen LogP contribution in [0.25, 0.3) is 0 Å². The van der Waals surface area contributed by atoms with Gasteiger partial charge in [0.25, 0.3) is 0 Å². The lowest BCUT2D eigenvalue weighted by Gasteiger charge is -2.23. The Hall–Kier alpha value is 0.0300. The molecule has 0 N–H and O–H groups in total. The van der Waals surface area contributed by atoms with Crippen LogP contribution in [-0.4, -0.2) is 0 Å². The molecule has 0 bridgehead atoms. The van der Waals surface area contributed by atoms with E-state index in [0.717, 1.165) is 5.03 Å². The Balaban J connectivity index is 3.36. The molecule has 0 aliphatic heterocycles. The first kappa shape index (κ1) is 19.0. The first-order valence-corrected chi connectivity index (χ1v) is 8.74. The molecule has 0 aromatic carbocycles. The van der Waals surface area contributed by atoms with Crippen LogP contribution in [0.1, 0.15) is 98.3 Å². The number of hydrogen-bond acceptors (Lipinski definition) is 0. The standard InChI is InChI=1S/C18H35Cl/c1-5-7-8-9-10-11-12-13-14-15-16-18(3,4)17(19)6-2/h6H,5,7-16H2,1-4H3/b17-6-. The van der Waals surface area contributed by atoms with Crippen molar-refractivity contribution in [1.29, 1.82) is 0 Å². The summed E-state index contributed by atoms with van der Waals surface area (Å²) in [6, 6.07) is 0. The van der Waals surface area contributed by atoms with Crippen LogP contribution in [0, 0.1) is 5.41 Å². The quantitative estimate of drug-likeness (QED) is 0.326. The lowest BCUT2D eigenvalue weighted by Crippen LogP contribution is -2.11. The Bertz CT molecular complexity index is 228. The molecule has 0 aromatic rings. The fraction of sp³-hybridized carbons (Fsp3) is 0.889. The van der Waals surface area contributed by atoms with Crippen LogP contribution in [-0.2, 0) is 0 Å². The zero-order valence-electron chi connectivity index (χ0n) is 13.7. The van der Waals surface area contributed by atoms with E-state index in [4.69, 9.17) is 11.6 Å². The Morgan fingerprint density at radius 1 is 0.842 bits per heavy atom. The average molecular weight is 287 g/mol. The lowest BCUT2D eigenvalue weighted by molar-refractivity contribution is 0.398. The SMILES string of the molecule is C/C=C(\Cl)C(C)(C)CCCCCCCCCCCC. The van der Waals surface area contributed by atoms with Crippen molar-refractivity contribution in [3.63, 3.8) is 0 Å². The Morgan fingerprint density at radius 3 is 1.68 bits per heavy atom. The fourth-order valence-corrected chi connectivity index (χ4v) is 2.66. The predicted molar refractivity (Wildman–Crippen MR) is 89.9 cm³/mol. The molecular formula is C18H35Cl. The summed E-state index contributed by atoms with van der Waals surface area (Å²) >= 11 is 6.24. The average Bonchev–Trinajstić information content (AvgIpc) is 2.39. The van der Waals surface area contributed by atoms with Crippen LogP contribution in [0.2, 0.25) is 0 Å². The smallest absolute Gasteiger partial charge is 0.0194 e. The van der Waals surface area contributed by atoms with E-state index in [1.165, 1.54) is 70.6 Å². The van der Waals surface area contributed by atoms with Crippen molar-refractivity contribution in [2.24, 2.45) is 5.41 Å². The third-order valence-corrected chi connectivity index (χ3v) is 4.79. The third kappa shape index (κ3) is 10.5. The molecule has 0 nitrogen and oxygen atoms in total. The van der Waals surface area contributed by atoms with Gasteiger partial charge in [-0.25, -0.2) is 0 Å². The van der Waals surface area contributed by atoms with Gasteiger partial charge in [-0.15, -0.1) is 0 Å². The first-order chi connectivity index (χ1) is 9.04. The highest BCUT2D eigenvalue weighted by Crippen LogP contribution is 2.34.